The Labute approximate surface area is 118 Å². The minimum atomic E-state index is -0.998. The van der Waals surface area contributed by atoms with E-state index in [4.69, 9.17) is 5.73 Å². The summed E-state index contributed by atoms with van der Waals surface area (Å²) in [5.41, 5.74) is 5.65. The Morgan fingerprint density at radius 1 is 1.33 bits per heavy atom. The molecule has 0 saturated carbocycles. The van der Waals surface area contributed by atoms with Gasteiger partial charge in [-0.3, -0.25) is 10.1 Å². The second kappa shape index (κ2) is 5.65. The van der Waals surface area contributed by atoms with E-state index >= 15 is 0 Å². The van der Waals surface area contributed by atoms with Gasteiger partial charge in [0.2, 0.25) is 11.8 Å². The predicted octanol–water partition coefficient (Wildman–Crippen LogP) is 2.17. The first-order valence-electron chi connectivity index (χ1n) is 5.84. The van der Waals surface area contributed by atoms with E-state index < -0.39 is 16.6 Å². The van der Waals surface area contributed by atoms with E-state index in [0.29, 0.717) is 5.56 Å². The highest BCUT2D eigenvalue weighted by molar-refractivity contribution is 5.60. The van der Waals surface area contributed by atoms with Gasteiger partial charge >= 0.3 is 5.69 Å². The zero-order chi connectivity index (χ0) is 15.6. The predicted molar refractivity (Wildman–Crippen MR) is 71.5 cm³/mol. The lowest BCUT2D eigenvalue weighted by Gasteiger charge is -2.08. The van der Waals surface area contributed by atoms with E-state index in [2.05, 4.69) is 15.3 Å². The molecule has 9 heteroatoms. The monoisotopic (exact) mass is 295 g/mol. The maximum absolute atomic E-state index is 13.1. The summed E-state index contributed by atoms with van der Waals surface area (Å²) in [6.45, 7) is 1.45. The van der Waals surface area contributed by atoms with Gasteiger partial charge in [0.25, 0.3) is 0 Å². The summed E-state index contributed by atoms with van der Waals surface area (Å²) in [7, 11) is 0. The molecule has 2 aromatic rings. The first-order valence-corrected chi connectivity index (χ1v) is 5.84. The van der Waals surface area contributed by atoms with Crippen molar-refractivity contribution >= 4 is 17.5 Å². The summed E-state index contributed by atoms with van der Waals surface area (Å²) in [6, 6.07) is 3.32. The van der Waals surface area contributed by atoms with Crippen LogP contribution in [0.25, 0.3) is 0 Å². The van der Waals surface area contributed by atoms with Crippen LogP contribution in [-0.4, -0.2) is 14.9 Å². The van der Waals surface area contributed by atoms with Crippen molar-refractivity contribution in [3.05, 3.63) is 51.2 Å². The molecule has 1 aromatic heterocycles. The Kier molecular flexibility index (Phi) is 3.92. The van der Waals surface area contributed by atoms with Crippen LogP contribution in [0.3, 0.4) is 0 Å². The van der Waals surface area contributed by atoms with Crippen LogP contribution in [0.5, 0.6) is 0 Å². The molecule has 2 rings (SSSR count). The number of aryl methyl sites for hydroxylation is 1. The van der Waals surface area contributed by atoms with Gasteiger partial charge in [0, 0.05) is 6.54 Å². The molecule has 0 unspecified atom stereocenters. The summed E-state index contributed by atoms with van der Waals surface area (Å²) in [5.74, 6) is -2.16. The minimum Gasteiger partial charge on any atom is -0.368 e. The maximum Gasteiger partial charge on any atom is 0.332 e. The molecule has 3 N–H and O–H groups in total. The van der Waals surface area contributed by atoms with Crippen LogP contribution >= 0.6 is 0 Å². The van der Waals surface area contributed by atoms with Crippen LogP contribution in [0.4, 0.5) is 26.2 Å². The normalized spacial score (nSPS) is 10.4. The van der Waals surface area contributed by atoms with Gasteiger partial charge in [0.15, 0.2) is 11.6 Å². The van der Waals surface area contributed by atoms with Gasteiger partial charge in [-0.15, -0.1) is 0 Å². The molecule has 0 atom stereocenters. The highest BCUT2D eigenvalue weighted by atomic mass is 19.2. The summed E-state index contributed by atoms with van der Waals surface area (Å²) in [4.78, 5) is 17.8. The molecule has 0 bridgehead atoms. The smallest absolute Gasteiger partial charge is 0.332 e. The Balaban J connectivity index is 2.27. The van der Waals surface area contributed by atoms with E-state index in [1.54, 1.807) is 0 Å². The molecule has 0 aliphatic carbocycles. The average Bonchev–Trinajstić information content (AvgIpc) is 2.38. The molecule has 0 spiro atoms. The number of nitro groups is 1. The largest absolute Gasteiger partial charge is 0.368 e. The summed E-state index contributed by atoms with van der Waals surface area (Å²) in [5, 5.41) is 13.7. The lowest BCUT2D eigenvalue weighted by Crippen LogP contribution is -2.09. The molecule has 0 aliphatic rings. The topological polar surface area (TPSA) is 107 Å². The maximum atomic E-state index is 13.1. The molecule has 1 heterocycles. The zero-order valence-corrected chi connectivity index (χ0v) is 10.9. The van der Waals surface area contributed by atoms with Gasteiger partial charge in [-0.2, -0.15) is 4.98 Å². The molecule has 0 aliphatic heterocycles. The zero-order valence-electron chi connectivity index (χ0n) is 10.9. The summed E-state index contributed by atoms with van der Waals surface area (Å²) < 4.78 is 25.9. The van der Waals surface area contributed by atoms with Gasteiger partial charge in [-0.05, 0) is 24.6 Å². The molecule has 0 amide bonds. The van der Waals surface area contributed by atoms with Crippen LogP contribution in [0.1, 0.15) is 11.3 Å². The highest BCUT2D eigenvalue weighted by Crippen LogP contribution is 2.26. The summed E-state index contributed by atoms with van der Waals surface area (Å²) >= 11 is 0. The van der Waals surface area contributed by atoms with E-state index in [1.807, 2.05) is 0 Å². The van der Waals surface area contributed by atoms with Crippen molar-refractivity contribution in [3.8, 4) is 0 Å². The molecule has 0 radical (unpaired) electrons. The second-order valence-corrected chi connectivity index (χ2v) is 4.22. The first-order chi connectivity index (χ1) is 9.88. The molecule has 0 fully saturated rings. The summed E-state index contributed by atoms with van der Waals surface area (Å²) in [6.07, 6.45) is 0. The van der Waals surface area contributed by atoms with Gasteiger partial charge in [-0.1, -0.05) is 6.07 Å². The number of benzene rings is 1. The number of nitrogens with one attached hydrogen (secondary N) is 1. The van der Waals surface area contributed by atoms with Crippen LogP contribution in [0.15, 0.2) is 18.2 Å². The van der Waals surface area contributed by atoms with Crippen LogP contribution in [0.2, 0.25) is 0 Å². The quantitative estimate of drug-likeness (QED) is 0.661. The number of rotatable bonds is 4. The van der Waals surface area contributed by atoms with Crippen molar-refractivity contribution in [2.45, 2.75) is 13.5 Å². The van der Waals surface area contributed by atoms with E-state index in [0.717, 1.165) is 12.1 Å². The van der Waals surface area contributed by atoms with Crippen molar-refractivity contribution in [3.63, 3.8) is 0 Å². The van der Waals surface area contributed by atoms with Crippen molar-refractivity contribution in [1.82, 2.24) is 9.97 Å². The Hall–Kier alpha value is -2.84. The first kappa shape index (κ1) is 14.6. The SMILES string of the molecule is Cc1nc(N)nc(NCc2ccc(F)c(F)c2)c1[N+](=O)[O-]. The molecule has 110 valence electrons. The molecule has 21 heavy (non-hydrogen) atoms. The standard InChI is InChI=1S/C12H11F2N5O2/c1-6-10(19(20)21)11(18-12(15)17-6)16-5-7-2-3-8(13)9(14)4-7/h2-4H,5H2,1H3,(H3,15,16,17,18). The molecule has 0 saturated heterocycles. The number of hydrogen-bond acceptors (Lipinski definition) is 6. The van der Waals surface area contributed by atoms with E-state index in [-0.39, 0.29) is 29.7 Å². The second-order valence-electron chi connectivity index (χ2n) is 4.22. The van der Waals surface area contributed by atoms with Crippen molar-refractivity contribution in [2.24, 2.45) is 0 Å². The van der Waals surface area contributed by atoms with E-state index in [9.17, 15) is 18.9 Å². The molecule has 1 aromatic carbocycles. The molecular weight excluding hydrogens is 284 g/mol. The lowest BCUT2D eigenvalue weighted by molar-refractivity contribution is -0.385. The Morgan fingerprint density at radius 2 is 2.05 bits per heavy atom. The number of aromatic nitrogens is 2. The fourth-order valence-corrected chi connectivity index (χ4v) is 1.77. The molecular formula is C12H11F2N5O2. The van der Waals surface area contributed by atoms with Gasteiger partial charge in [-0.25, -0.2) is 13.8 Å². The molecule has 7 nitrogen and oxygen atoms in total. The third kappa shape index (κ3) is 3.19. The number of nitrogens with zero attached hydrogens (tertiary/aromatic N) is 3. The lowest BCUT2D eigenvalue weighted by atomic mass is 10.2. The minimum absolute atomic E-state index is 0.0218. The van der Waals surface area contributed by atoms with Crippen LogP contribution in [-0.2, 0) is 6.54 Å². The van der Waals surface area contributed by atoms with E-state index in [1.165, 1.54) is 13.0 Å². The number of nitrogens with two attached hydrogens (primary N) is 1. The Morgan fingerprint density at radius 3 is 2.67 bits per heavy atom. The third-order valence-corrected chi connectivity index (χ3v) is 2.70. The van der Waals surface area contributed by atoms with Crippen molar-refractivity contribution < 1.29 is 13.7 Å². The van der Waals surface area contributed by atoms with Gasteiger partial charge in [0.05, 0.1) is 4.92 Å². The Bertz CT molecular complexity index is 708. The highest BCUT2D eigenvalue weighted by Gasteiger charge is 2.21. The fraction of sp³-hybridized carbons (Fsp3) is 0.167. The number of hydrogen-bond donors (Lipinski definition) is 2. The van der Waals surface area contributed by atoms with Crippen LogP contribution < -0.4 is 11.1 Å². The van der Waals surface area contributed by atoms with Gasteiger partial charge < -0.3 is 11.1 Å². The van der Waals surface area contributed by atoms with Crippen molar-refractivity contribution in [1.29, 1.82) is 0 Å². The number of anilines is 2. The van der Waals surface area contributed by atoms with Gasteiger partial charge in [0.1, 0.15) is 5.69 Å². The number of nitrogen functional groups attached to an aromatic ring is 1. The van der Waals surface area contributed by atoms with Crippen molar-refractivity contribution in [2.75, 3.05) is 11.1 Å². The fourth-order valence-electron chi connectivity index (χ4n) is 1.77. The third-order valence-electron chi connectivity index (χ3n) is 2.70. The average molecular weight is 295 g/mol. The number of halogens is 2. The van der Waals surface area contributed by atoms with Crippen LogP contribution in [0, 0.1) is 28.7 Å².